The Hall–Kier alpha value is -3.38. The highest BCUT2D eigenvalue weighted by Gasteiger charge is 2.55. The minimum absolute atomic E-state index is 0.00671. The summed E-state index contributed by atoms with van der Waals surface area (Å²) >= 11 is 0. The fourth-order valence-electron chi connectivity index (χ4n) is 6.89. The van der Waals surface area contributed by atoms with Gasteiger partial charge in [0.05, 0.1) is 17.5 Å². The molecule has 4 atom stereocenters. The molecule has 12 heteroatoms. The van der Waals surface area contributed by atoms with Gasteiger partial charge in [0.15, 0.2) is 11.6 Å². The van der Waals surface area contributed by atoms with Gasteiger partial charge in [-0.05, 0) is 87.3 Å². The van der Waals surface area contributed by atoms with E-state index in [1.54, 1.807) is 19.0 Å². The summed E-state index contributed by atoms with van der Waals surface area (Å²) < 4.78 is 37.3. The van der Waals surface area contributed by atoms with E-state index in [1.165, 1.54) is 0 Å². The monoisotopic (exact) mass is 593 g/mol. The van der Waals surface area contributed by atoms with Gasteiger partial charge >= 0.3 is 6.18 Å². The molecule has 0 heterocycles. The number of ketones is 2. The van der Waals surface area contributed by atoms with Gasteiger partial charge in [-0.2, -0.15) is 13.2 Å². The summed E-state index contributed by atoms with van der Waals surface area (Å²) in [7, 11) is 3.33. The second-order valence-electron chi connectivity index (χ2n) is 12.0. The van der Waals surface area contributed by atoms with Crippen LogP contribution in [0, 0.1) is 17.8 Å². The van der Waals surface area contributed by atoms with E-state index in [-0.39, 0.29) is 55.2 Å². The fraction of sp³-hybridized carbons (Fsp3) is 0.567. The molecule has 230 valence electrons. The molecule has 3 aliphatic carbocycles. The number of likely N-dealkylation sites (N-methyl/N-ethyl adjacent to an activating group) is 1. The Bertz CT molecular complexity index is 1360. The summed E-state index contributed by atoms with van der Waals surface area (Å²) in [5.41, 5.74) is 6.93. The largest absolute Gasteiger partial charge is 0.510 e. The van der Waals surface area contributed by atoms with Gasteiger partial charge in [0.2, 0.25) is 0 Å². The standard InChI is InChI=1S/C30H38F3N3O6/c1-13(2)16-10-14(6-9-35-8-5-7-30(31,32)33)24(37)20-17(16)11-15-12-18-21(26(39)19(15)25(20)38)27(40)22(29(34)42)28(41)23(18)36(3)4/h10,13,15,18,21,23,35,37-38,41H,5-9,11-12H2,1-4H3,(H2,34,42)/t15?,18-,21?,23?/m1/s1. The van der Waals surface area contributed by atoms with Crippen molar-refractivity contribution in [3.63, 3.8) is 0 Å². The van der Waals surface area contributed by atoms with Gasteiger partial charge in [0, 0.05) is 12.0 Å². The highest BCUT2D eigenvalue weighted by atomic mass is 19.4. The zero-order valence-corrected chi connectivity index (χ0v) is 24.1. The Morgan fingerprint density at radius 3 is 2.38 bits per heavy atom. The van der Waals surface area contributed by atoms with Gasteiger partial charge in [0.1, 0.15) is 22.8 Å². The van der Waals surface area contributed by atoms with Crippen LogP contribution in [0.25, 0.3) is 5.76 Å². The number of nitrogens with zero attached hydrogens (tertiary/aromatic N) is 1. The van der Waals surface area contributed by atoms with Crippen LogP contribution in [0.3, 0.4) is 0 Å². The number of hydrogen-bond acceptors (Lipinski definition) is 8. The quantitative estimate of drug-likeness (QED) is 0.166. The first-order valence-corrected chi connectivity index (χ1v) is 14.1. The number of phenols is 1. The number of Topliss-reactive ketones (excluding diaryl/α,β-unsaturated/α-hetero) is 2. The summed E-state index contributed by atoms with van der Waals surface area (Å²) in [6, 6.07) is 1.02. The lowest BCUT2D eigenvalue weighted by Crippen LogP contribution is -2.55. The van der Waals surface area contributed by atoms with Crippen molar-refractivity contribution < 1.29 is 42.9 Å². The maximum atomic E-state index is 13.9. The van der Waals surface area contributed by atoms with E-state index < -0.39 is 71.0 Å². The number of carbonyl (C=O) groups excluding carboxylic acids is 3. The third kappa shape index (κ3) is 5.66. The predicted molar refractivity (Wildman–Crippen MR) is 149 cm³/mol. The highest BCUT2D eigenvalue weighted by Crippen LogP contribution is 2.51. The molecule has 0 saturated heterocycles. The zero-order valence-electron chi connectivity index (χ0n) is 24.1. The number of amides is 1. The van der Waals surface area contributed by atoms with Crippen LogP contribution in [-0.2, 0) is 27.2 Å². The van der Waals surface area contributed by atoms with Crippen LogP contribution >= 0.6 is 0 Å². The Morgan fingerprint density at radius 2 is 1.81 bits per heavy atom. The van der Waals surface area contributed by atoms with Crippen molar-refractivity contribution in [2.45, 2.75) is 64.1 Å². The molecule has 1 aromatic carbocycles. The van der Waals surface area contributed by atoms with Crippen LogP contribution < -0.4 is 11.1 Å². The normalized spacial score (nSPS) is 24.3. The molecule has 0 radical (unpaired) electrons. The van der Waals surface area contributed by atoms with Crippen molar-refractivity contribution in [1.29, 1.82) is 0 Å². The molecule has 1 saturated carbocycles. The second kappa shape index (κ2) is 11.7. The molecule has 1 amide bonds. The first kappa shape index (κ1) is 31.6. The first-order chi connectivity index (χ1) is 19.6. The molecule has 0 aliphatic heterocycles. The zero-order chi connectivity index (χ0) is 31.3. The van der Waals surface area contributed by atoms with Crippen LogP contribution in [0.4, 0.5) is 13.2 Å². The Kier molecular flexibility index (Phi) is 8.80. The van der Waals surface area contributed by atoms with E-state index >= 15 is 0 Å². The van der Waals surface area contributed by atoms with E-state index in [0.29, 0.717) is 17.5 Å². The number of nitrogens with one attached hydrogen (secondary N) is 1. The Morgan fingerprint density at radius 1 is 1.14 bits per heavy atom. The molecule has 0 aromatic heterocycles. The van der Waals surface area contributed by atoms with Crippen LogP contribution in [0.15, 0.2) is 23.0 Å². The number of allylic oxidation sites excluding steroid dienone is 1. The molecular formula is C30H38F3N3O6. The fourth-order valence-corrected chi connectivity index (χ4v) is 6.89. The van der Waals surface area contributed by atoms with E-state index in [9.17, 15) is 42.9 Å². The van der Waals surface area contributed by atoms with Crippen LogP contribution in [0.2, 0.25) is 0 Å². The number of nitrogens with two attached hydrogens (primary N) is 1. The van der Waals surface area contributed by atoms with E-state index in [0.717, 1.165) is 5.56 Å². The van der Waals surface area contributed by atoms with Crippen LogP contribution in [-0.4, -0.2) is 77.1 Å². The van der Waals surface area contributed by atoms with Crippen LogP contribution in [0.5, 0.6) is 5.75 Å². The average Bonchev–Trinajstić information content (AvgIpc) is 2.85. The van der Waals surface area contributed by atoms with Gasteiger partial charge in [0.25, 0.3) is 5.91 Å². The van der Waals surface area contributed by atoms with Crippen molar-refractivity contribution in [2.75, 3.05) is 27.2 Å². The third-order valence-corrected chi connectivity index (χ3v) is 8.68. The average molecular weight is 594 g/mol. The molecule has 0 bridgehead atoms. The summed E-state index contributed by atoms with van der Waals surface area (Å²) in [6.07, 6.45) is -4.35. The SMILES string of the molecule is CC(C)c1cc(CCNCCCC(F)(F)F)c(O)c2c1CC1C[C@@H]3C(C(=O)C(C(N)=O)=C(O)C3N(C)C)C(=O)C1=C2O. The molecule has 9 nitrogen and oxygen atoms in total. The number of aliphatic hydroxyl groups is 2. The second-order valence-corrected chi connectivity index (χ2v) is 12.0. The topological polar surface area (TPSA) is 153 Å². The minimum Gasteiger partial charge on any atom is -0.510 e. The van der Waals surface area contributed by atoms with Gasteiger partial charge in [-0.3, -0.25) is 19.3 Å². The third-order valence-electron chi connectivity index (χ3n) is 8.68. The number of hydrogen-bond donors (Lipinski definition) is 5. The van der Waals surface area contributed by atoms with Crippen molar-refractivity contribution in [2.24, 2.45) is 23.5 Å². The van der Waals surface area contributed by atoms with E-state index in [4.69, 9.17) is 5.73 Å². The van der Waals surface area contributed by atoms with Gasteiger partial charge < -0.3 is 26.4 Å². The molecule has 42 heavy (non-hydrogen) atoms. The number of alkyl halides is 3. The van der Waals surface area contributed by atoms with E-state index in [1.807, 2.05) is 19.9 Å². The molecule has 3 aliphatic rings. The smallest absolute Gasteiger partial charge is 0.389 e. The number of carbonyl (C=O) groups is 3. The lowest BCUT2D eigenvalue weighted by Gasteiger charge is -2.46. The molecular weight excluding hydrogens is 555 g/mol. The number of aromatic hydroxyl groups is 1. The van der Waals surface area contributed by atoms with Crippen molar-refractivity contribution in [3.05, 3.63) is 45.2 Å². The molecule has 4 rings (SSSR count). The maximum Gasteiger partial charge on any atom is 0.389 e. The molecule has 6 N–H and O–H groups in total. The van der Waals surface area contributed by atoms with Gasteiger partial charge in [-0.1, -0.05) is 19.9 Å². The number of aliphatic hydroxyl groups excluding tert-OH is 2. The number of phenolic OH excluding ortho intramolecular Hbond substituents is 1. The van der Waals surface area contributed by atoms with E-state index in [2.05, 4.69) is 5.32 Å². The molecule has 1 aromatic rings. The van der Waals surface area contributed by atoms with Crippen molar-refractivity contribution in [3.8, 4) is 5.75 Å². The minimum atomic E-state index is -4.22. The number of rotatable bonds is 9. The van der Waals surface area contributed by atoms with Crippen LogP contribution in [0.1, 0.15) is 61.3 Å². The number of halogens is 3. The molecule has 1 fully saturated rings. The summed E-state index contributed by atoms with van der Waals surface area (Å²) in [5, 5.41) is 36.6. The van der Waals surface area contributed by atoms with Crippen molar-refractivity contribution in [1.82, 2.24) is 10.2 Å². The van der Waals surface area contributed by atoms with Crippen molar-refractivity contribution >= 4 is 23.2 Å². The molecule has 3 unspecified atom stereocenters. The summed E-state index contributed by atoms with van der Waals surface area (Å²) in [4.78, 5) is 41.0. The Labute approximate surface area is 242 Å². The summed E-state index contributed by atoms with van der Waals surface area (Å²) in [5.74, 6) is -6.29. The number of fused-ring (bicyclic) bond motifs is 3. The maximum absolute atomic E-state index is 13.9. The van der Waals surface area contributed by atoms with Gasteiger partial charge in [-0.25, -0.2) is 0 Å². The summed E-state index contributed by atoms with van der Waals surface area (Å²) in [6.45, 7) is 4.35. The lowest BCUT2D eigenvalue weighted by atomic mass is 9.59. The number of benzene rings is 1. The van der Waals surface area contributed by atoms with Gasteiger partial charge in [-0.15, -0.1) is 0 Å². The number of primary amides is 1. The highest BCUT2D eigenvalue weighted by molar-refractivity contribution is 6.28. The molecule has 0 spiro atoms. The Balaban J connectivity index is 1.71. The first-order valence-electron chi connectivity index (χ1n) is 14.1. The predicted octanol–water partition coefficient (Wildman–Crippen LogP) is 3.45. The lowest BCUT2D eigenvalue weighted by molar-refractivity contribution is -0.137.